The molecule has 0 aromatic carbocycles. The number of hydrogen-bond acceptors (Lipinski definition) is 3. The molecular formula is C73H135NO3. The van der Waals surface area contributed by atoms with Gasteiger partial charge in [0.2, 0.25) is 5.91 Å². The van der Waals surface area contributed by atoms with Gasteiger partial charge in [0.1, 0.15) is 0 Å². The van der Waals surface area contributed by atoms with E-state index in [9.17, 15) is 15.0 Å². The van der Waals surface area contributed by atoms with Crippen LogP contribution in [0.3, 0.4) is 0 Å². The van der Waals surface area contributed by atoms with Crippen molar-refractivity contribution in [3.05, 3.63) is 72.9 Å². The van der Waals surface area contributed by atoms with Crippen LogP contribution in [0.1, 0.15) is 367 Å². The van der Waals surface area contributed by atoms with Crippen molar-refractivity contribution in [2.24, 2.45) is 0 Å². The van der Waals surface area contributed by atoms with E-state index in [1.165, 1.54) is 276 Å². The van der Waals surface area contributed by atoms with Crippen molar-refractivity contribution in [1.29, 1.82) is 0 Å². The van der Waals surface area contributed by atoms with E-state index >= 15 is 0 Å². The van der Waals surface area contributed by atoms with Crippen LogP contribution in [0.15, 0.2) is 72.9 Å². The number of amides is 1. The highest BCUT2D eigenvalue weighted by molar-refractivity contribution is 5.76. The van der Waals surface area contributed by atoms with Crippen molar-refractivity contribution in [3.8, 4) is 0 Å². The first kappa shape index (κ1) is 74.8. The Bertz CT molecular complexity index is 1310. The second-order valence-corrected chi connectivity index (χ2v) is 23.6. The predicted octanol–water partition coefficient (Wildman–Crippen LogP) is 23.7. The molecular weight excluding hydrogens is 939 g/mol. The fourth-order valence-electron chi connectivity index (χ4n) is 10.8. The lowest BCUT2D eigenvalue weighted by Gasteiger charge is -2.22. The van der Waals surface area contributed by atoms with Crippen LogP contribution in [-0.4, -0.2) is 34.9 Å². The summed E-state index contributed by atoms with van der Waals surface area (Å²) in [6, 6.07) is -0.542. The summed E-state index contributed by atoms with van der Waals surface area (Å²) in [5.41, 5.74) is 0. The topological polar surface area (TPSA) is 69.6 Å². The zero-order valence-electron chi connectivity index (χ0n) is 52.0. The third kappa shape index (κ3) is 64.5. The zero-order valence-corrected chi connectivity index (χ0v) is 52.0. The number of unbranched alkanes of at least 4 members (excludes halogenated alkanes) is 45. The molecule has 0 aliphatic heterocycles. The van der Waals surface area contributed by atoms with E-state index in [0.29, 0.717) is 12.8 Å². The molecule has 0 saturated heterocycles. The van der Waals surface area contributed by atoms with Gasteiger partial charge in [0.25, 0.3) is 0 Å². The number of rotatable bonds is 64. The number of carbonyl (C=O) groups excluding carboxylic acids is 1. The third-order valence-corrected chi connectivity index (χ3v) is 16.0. The molecule has 77 heavy (non-hydrogen) atoms. The summed E-state index contributed by atoms with van der Waals surface area (Å²) in [5, 5.41) is 23.5. The van der Waals surface area contributed by atoms with Gasteiger partial charge in [0.05, 0.1) is 18.8 Å². The minimum absolute atomic E-state index is 0.0287. The Morgan fingerprint density at radius 3 is 0.857 bits per heavy atom. The van der Waals surface area contributed by atoms with Crippen LogP contribution in [0, 0.1) is 0 Å². The van der Waals surface area contributed by atoms with Gasteiger partial charge in [-0.25, -0.2) is 0 Å². The average Bonchev–Trinajstić information content (AvgIpc) is 3.43. The number of allylic oxidation sites excluding steroid dienone is 12. The maximum Gasteiger partial charge on any atom is 0.220 e. The van der Waals surface area contributed by atoms with Gasteiger partial charge in [-0.3, -0.25) is 4.79 Å². The van der Waals surface area contributed by atoms with E-state index in [1.54, 1.807) is 0 Å². The van der Waals surface area contributed by atoms with Gasteiger partial charge in [0.15, 0.2) is 0 Å². The lowest BCUT2D eigenvalue weighted by atomic mass is 10.0. The molecule has 0 aromatic heterocycles. The average molecular weight is 1070 g/mol. The van der Waals surface area contributed by atoms with Gasteiger partial charge < -0.3 is 15.5 Å². The second kappa shape index (κ2) is 68.1. The predicted molar refractivity (Wildman–Crippen MR) is 345 cm³/mol. The van der Waals surface area contributed by atoms with Crippen molar-refractivity contribution in [1.82, 2.24) is 5.32 Å². The Balaban J connectivity index is 3.43. The highest BCUT2D eigenvalue weighted by Crippen LogP contribution is 2.19. The molecule has 4 heteroatoms. The maximum atomic E-state index is 12.6. The fraction of sp³-hybridized carbons (Fsp3) is 0.822. The van der Waals surface area contributed by atoms with Crippen molar-refractivity contribution in [2.45, 2.75) is 379 Å². The van der Waals surface area contributed by atoms with Crippen molar-refractivity contribution >= 4 is 5.91 Å². The van der Waals surface area contributed by atoms with Crippen LogP contribution in [0.4, 0.5) is 0 Å². The number of nitrogens with one attached hydrogen (secondary N) is 1. The Labute approximate surface area is 482 Å². The molecule has 2 atom stereocenters. The smallest absolute Gasteiger partial charge is 0.220 e. The lowest BCUT2D eigenvalue weighted by molar-refractivity contribution is -0.123. The Morgan fingerprint density at radius 1 is 0.325 bits per heavy atom. The summed E-state index contributed by atoms with van der Waals surface area (Å²) in [6.07, 6.45) is 98.1. The first-order chi connectivity index (χ1) is 38.2. The van der Waals surface area contributed by atoms with Crippen LogP contribution in [-0.2, 0) is 4.79 Å². The number of carbonyl (C=O) groups is 1. The summed E-state index contributed by atoms with van der Waals surface area (Å²) in [5.74, 6) is -0.0287. The Morgan fingerprint density at radius 2 is 0.571 bits per heavy atom. The molecule has 0 aliphatic rings. The van der Waals surface area contributed by atoms with Gasteiger partial charge >= 0.3 is 0 Å². The van der Waals surface area contributed by atoms with Gasteiger partial charge in [0, 0.05) is 6.42 Å². The molecule has 0 fully saturated rings. The third-order valence-electron chi connectivity index (χ3n) is 16.0. The summed E-state index contributed by atoms with van der Waals surface area (Å²) in [6.45, 7) is 4.28. The number of aliphatic hydroxyl groups is 2. The van der Waals surface area contributed by atoms with Gasteiger partial charge in [-0.2, -0.15) is 0 Å². The normalized spacial score (nSPS) is 13.1. The molecule has 0 bridgehead atoms. The van der Waals surface area contributed by atoms with Gasteiger partial charge in [-0.05, 0) is 64.2 Å². The largest absolute Gasteiger partial charge is 0.394 e. The Kier molecular flexibility index (Phi) is 66.2. The van der Waals surface area contributed by atoms with E-state index in [2.05, 4.69) is 92.1 Å². The molecule has 2 unspecified atom stereocenters. The summed E-state index contributed by atoms with van der Waals surface area (Å²) in [7, 11) is 0. The van der Waals surface area contributed by atoms with Crippen LogP contribution < -0.4 is 5.32 Å². The van der Waals surface area contributed by atoms with Crippen LogP contribution >= 0.6 is 0 Å². The molecule has 0 spiro atoms. The standard InChI is InChI=1S/C73H135NO3/c1-3-5-7-9-11-13-15-17-19-21-23-25-27-29-31-33-35-37-39-41-43-45-47-49-51-53-55-57-59-61-63-65-67-69-73(77)74-71(70-75)72(76)68-66-64-62-60-58-56-54-52-50-48-46-44-42-40-38-36-34-32-30-28-26-24-22-20-18-16-14-12-10-8-6-4-2/h5,7,11,13,17,19,23,25,29,31,35,37,71-72,75-76H,3-4,6,8-10,12,14-16,18,20-22,24,26-28,30,32-34,36,38-70H2,1-2H3,(H,74,77)/b7-5-,13-11-,19-17-,25-23-,31-29-,37-35-. The van der Waals surface area contributed by atoms with Gasteiger partial charge in [-0.15, -0.1) is 0 Å². The van der Waals surface area contributed by atoms with Gasteiger partial charge in [-0.1, -0.05) is 369 Å². The zero-order chi connectivity index (χ0) is 55.5. The summed E-state index contributed by atoms with van der Waals surface area (Å²) >= 11 is 0. The van der Waals surface area contributed by atoms with E-state index in [0.717, 1.165) is 64.2 Å². The molecule has 450 valence electrons. The fourth-order valence-corrected chi connectivity index (χ4v) is 10.8. The lowest BCUT2D eigenvalue weighted by Crippen LogP contribution is -2.45. The van der Waals surface area contributed by atoms with E-state index in [1.807, 2.05) is 0 Å². The van der Waals surface area contributed by atoms with Crippen molar-refractivity contribution in [3.63, 3.8) is 0 Å². The monoisotopic (exact) mass is 1070 g/mol. The second-order valence-electron chi connectivity index (χ2n) is 23.6. The van der Waals surface area contributed by atoms with E-state index in [4.69, 9.17) is 0 Å². The highest BCUT2D eigenvalue weighted by atomic mass is 16.3. The molecule has 0 rings (SSSR count). The molecule has 0 aliphatic carbocycles. The molecule has 0 saturated carbocycles. The highest BCUT2D eigenvalue weighted by Gasteiger charge is 2.20. The Hall–Kier alpha value is -2.17. The SMILES string of the molecule is CC/C=C\C/C=C\C/C=C\C/C=C\C/C=C\C/C=C\CCCCCCCCCCCCCCCCC(=O)NC(CO)C(O)CCCCCCCCCCCCCCCCCCCCCCCCCCCCCCCCCC. The maximum absolute atomic E-state index is 12.6. The first-order valence-electron chi connectivity index (χ1n) is 34.6. The number of aliphatic hydroxyl groups excluding tert-OH is 2. The van der Waals surface area contributed by atoms with E-state index in [-0.39, 0.29) is 12.5 Å². The minimum Gasteiger partial charge on any atom is -0.394 e. The molecule has 1 amide bonds. The molecule has 0 heterocycles. The first-order valence-corrected chi connectivity index (χ1v) is 34.6. The van der Waals surface area contributed by atoms with Crippen molar-refractivity contribution < 1.29 is 15.0 Å². The summed E-state index contributed by atoms with van der Waals surface area (Å²) in [4.78, 5) is 12.6. The van der Waals surface area contributed by atoms with Crippen molar-refractivity contribution in [2.75, 3.05) is 6.61 Å². The quantitative estimate of drug-likeness (QED) is 0.0420. The minimum atomic E-state index is -0.665. The van der Waals surface area contributed by atoms with E-state index < -0.39 is 12.1 Å². The summed E-state index contributed by atoms with van der Waals surface area (Å²) < 4.78 is 0. The van der Waals surface area contributed by atoms with Crippen LogP contribution in [0.5, 0.6) is 0 Å². The molecule has 3 N–H and O–H groups in total. The number of hydrogen-bond donors (Lipinski definition) is 3. The molecule has 0 radical (unpaired) electrons. The van der Waals surface area contributed by atoms with Crippen LogP contribution in [0.2, 0.25) is 0 Å². The molecule has 4 nitrogen and oxygen atoms in total. The molecule has 0 aromatic rings. The van der Waals surface area contributed by atoms with Crippen LogP contribution in [0.25, 0.3) is 0 Å².